The number of aryl methyl sites for hydroxylation is 1. The Balaban J connectivity index is 1.72. The van der Waals surface area contributed by atoms with E-state index < -0.39 is 0 Å². The summed E-state index contributed by atoms with van der Waals surface area (Å²) in [6, 6.07) is 14.8. The van der Waals surface area contributed by atoms with Gasteiger partial charge in [0.15, 0.2) is 0 Å². The lowest BCUT2D eigenvalue weighted by atomic mass is 10.1. The van der Waals surface area contributed by atoms with Gasteiger partial charge >= 0.3 is 6.03 Å². The molecule has 0 saturated carbocycles. The van der Waals surface area contributed by atoms with Crippen LogP contribution in [0, 0.1) is 0 Å². The van der Waals surface area contributed by atoms with Gasteiger partial charge in [-0.3, -0.25) is 0 Å². The summed E-state index contributed by atoms with van der Waals surface area (Å²) in [5.41, 5.74) is 1.81. The third kappa shape index (κ3) is 5.29. The van der Waals surface area contributed by atoms with Gasteiger partial charge in [0.1, 0.15) is 0 Å². The van der Waals surface area contributed by atoms with Crippen LogP contribution in [-0.2, 0) is 6.42 Å². The lowest BCUT2D eigenvalue weighted by molar-refractivity contribution is 0.252. The van der Waals surface area contributed by atoms with E-state index in [2.05, 4.69) is 22.8 Å². The maximum absolute atomic E-state index is 11.7. The van der Waals surface area contributed by atoms with Crippen molar-refractivity contribution in [3.8, 4) is 0 Å². The van der Waals surface area contributed by atoms with E-state index in [9.17, 15) is 4.79 Å². The van der Waals surface area contributed by atoms with E-state index in [4.69, 9.17) is 23.2 Å². The van der Waals surface area contributed by atoms with Crippen molar-refractivity contribution < 1.29 is 4.79 Å². The second-order valence-electron chi connectivity index (χ2n) is 4.59. The van der Waals surface area contributed by atoms with Crippen molar-refractivity contribution >= 4 is 34.9 Å². The zero-order valence-electron chi connectivity index (χ0n) is 11.4. The summed E-state index contributed by atoms with van der Waals surface area (Å²) in [6.45, 7) is 0.603. The molecule has 0 aromatic heterocycles. The Morgan fingerprint density at radius 3 is 2.52 bits per heavy atom. The number of urea groups is 1. The number of carbonyl (C=O) groups excluding carboxylic acids is 1. The molecule has 2 rings (SSSR count). The molecule has 0 fully saturated rings. The third-order valence-electron chi connectivity index (χ3n) is 2.95. The minimum atomic E-state index is -0.271. The molecule has 0 aliphatic carbocycles. The molecule has 5 heteroatoms. The Labute approximate surface area is 134 Å². The molecule has 0 aliphatic rings. The third-order valence-corrected chi connectivity index (χ3v) is 3.50. The number of amides is 2. The predicted octanol–water partition coefficient (Wildman–Crippen LogP) is 4.75. The largest absolute Gasteiger partial charge is 0.338 e. The van der Waals surface area contributed by atoms with E-state index in [-0.39, 0.29) is 6.03 Å². The van der Waals surface area contributed by atoms with E-state index in [1.807, 2.05) is 18.2 Å². The Bertz CT molecular complexity index is 602. The van der Waals surface area contributed by atoms with Crippen LogP contribution in [0.5, 0.6) is 0 Å². The first kappa shape index (κ1) is 15.7. The van der Waals surface area contributed by atoms with Gasteiger partial charge in [0, 0.05) is 11.6 Å². The standard InChI is InChI=1S/C16H16Cl2N2O/c17-13-8-9-15(14(18)11-13)20-16(21)19-10-4-7-12-5-2-1-3-6-12/h1-3,5-6,8-9,11H,4,7,10H2,(H2,19,20,21). The van der Waals surface area contributed by atoms with Crippen molar-refractivity contribution in [2.75, 3.05) is 11.9 Å². The minimum absolute atomic E-state index is 0.271. The summed E-state index contributed by atoms with van der Waals surface area (Å²) < 4.78 is 0. The van der Waals surface area contributed by atoms with Gasteiger partial charge in [0.2, 0.25) is 0 Å². The van der Waals surface area contributed by atoms with Gasteiger partial charge in [0.05, 0.1) is 10.7 Å². The van der Waals surface area contributed by atoms with E-state index >= 15 is 0 Å². The van der Waals surface area contributed by atoms with Gasteiger partial charge < -0.3 is 10.6 Å². The maximum atomic E-state index is 11.7. The van der Waals surface area contributed by atoms with Gasteiger partial charge in [-0.25, -0.2) is 4.79 Å². The Morgan fingerprint density at radius 1 is 1.05 bits per heavy atom. The van der Waals surface area contributed by atoms with E-state index in [1.165, 1.54) is 5.56 Å². The van der Waals surface area contributed by atoms with Gasteiger partial charge in [-0.1, -0.05) is 53.5 Å². The number of hydrogen-bond donors (Lipinski definition) is 2. The second kappa shape index (κ2) is 7.91. The monoisotopic (exact) mass is 322 g/mol. The molecule has 0 saturated heterocycles. The van der Waals surface area contributed by atoms with Crippen LogP contribution in [0.2, 0.25) is 10.0 Å². The molecule has 0 spiro atoms. The number of anilines is 1. The van der Waals surface area contributed by atoms with E-state index in [1.54, 1.807) is 18.2 Å². The highest BCUT2D eigenvalue weighted by molar-refractivity contribution is 6.36. The molecule has 2 amide bonds. The Morgan fingerprint density at radius 2 is 1.81 bits per heavy atom. The topological polar surface area (TPSA) is 41.1 Å². The molecule has 3 nitrogen and oxygen atoms in total. The average Bonchev–Trinajstić information content (AvgIpc) is 2.48. The van der Waals surface area contributed by atoms with Gasteiger partial charge in [0.25, 0.3) is 0 Å². The number of halogens is 2. The predicted molar refractivity (Wildman–Crippen MR) is 88.2 cm³/mol. The highest BCUT2D eigenvalue weighted by Crippen LogP contribution is 2.25. The summed E-state index contributed by atoms with van der Waals surface area (Å²) in [5.74, 6) is 0. The van der Waals surface area contributed by atoms with Crippen LogP contribution in [-0.4, -0.2) is 12.6 Å². The number of carbonyl (C=O) groups is 1. The molecule has 2 aromatic carbocycles. The normalized spacial score (nSPS) is 10.2. The van der Waals surface area contributed by atoms with Crippen molar-refractivity contribution in [1.82, 2.24) is 5.32 Å². The zero-order valence-corrected chi connectivity index (χ0v) is 12.9. The van der Waals surface area contributed by atoms with Crippen molar-refractivity contribution in [1.29, 1.82) is 0 Å². The molecule has 21 heavy (non-hydrogen) atoms. The lowest BCUT2D eigenvalue weighted by Crippen LogP contribution is -2.29. The number of nitrogens with one attached hydrogen (secondary N) is 2. The fraction of sp³-hybridized carbons (Fsp3) is 0.188. The molecule has 0 aliphatic heterocycles. The smallest absolute Gasteiger partial charge is 0.319 e. The SMILES string of the molecule is O=C(NCCCc1ccccc1)Nc1ccc(Cl)cc1Cl. The summed E-state index contributed by atoms with van der Waals surface area (Å²) in [7, 11) is 0. The average molecular weight is 323 g/mol. The summed E-state index contributed by atoms with van der Waals surface area (Å²) in [5, 5.41) is 6.45. The second-order valence-corrected chi connectivity index (χ2v) is 5.44. The molecule has 0 unspecified atom stereocenters. The quantitative estimate of drug-likeness (QED) is 0.766. The van der Waals surface area contributed by atoms with Crippen LogP contribution < -0.4 is 10.6 Å². The molecule has 2 aromatic rings. The summed E-state index contributed by atoms with van der Waals surface area (Å²) in [6.07, 6.45) is 1.81. The van der Waals surface area contributed by atoms with E-state index in [0.717, 1.165) is 12.8 Å². The zero-order chi connectivity index (χ0) is 15.1. The van der Waals surface area contributed by atoms with Crippen LogP contribution in [0.1, 0.15) is 12.0 Å². The molecule has 0 bridgehead atoms. The van der Waals surface area contributed by atoms with Crippen LogP contribution in [0.25, 0.3) is 0 Å². The lowest BCUT2D eigenvalue weighted by Gasteiger charge is -2.09. The van der Waals surface area contributed by atoms with Crippen LogP contribution >= 0.6 is 23.2 Å². The highest BCUT2D eigenvalue weighted by Gasteiger charge is 2.05. The fourth-order valence-electron chi connectivity index (χ4n) is 1.90. The molecule has 0 radical (unpaired) electrons. The molecule has 110 valence electrons. The molecule has 0 heterocycles. The van der Waals surface area contributed by atoms with Crippen LogP contribution in [0.3, 0.4) is 0 Å². The highest BCUT2D eigenvalue weighted by atomic mass is 35.5. The van der Waals surface area contributed by atoms with Crippen molar-refractivity contribution in [2.45, 2.75) is 12.8 Å². The molecule has 0 atom stereocenters. The van der Waals surface area contributed by atoms with Crippen molar-refractivity contribution in [2.24, 2.45) is 0 Å². The van der Waals surface area contributed by atoms with Gasteiger partial charge in [-0.05, 0) is 36.6 Å². The van der Waals surface area contributed by atoms with Crippen LogP contribution in [0.15, 0.2) is 48.5 Å². The minimum Gasteiger partial charge on any atom is -0.338 e. The molecular formula is C16H16Cl2N2O. The summed E-state index contributed by atoms with van der Waals surface area (Å²) >= 11 is 11.8. The fourth-order valence-corrected chi connectivity index (χ4v) is 2.35. The van der Waals surface area contributed by atoms with Gasteiger partial charge in [-0.2, -0.15) is 0 Å². The van der Waals surface area contributed by atoms with E-state index in [0.29, 0.717) is 22.3 Å². The Kier molecular flexibility index (Phi) is 5.90. The maximum Gasteiger partial charge on any atom is 0.319 e. The molecule has 2 N–H and O–H groups in total. The van der Waals surface area contributed by atoms with Crippen LogP contribution in [0.4, 0.5) is 10.5 Å². The number of hydrogen-bond acceptors (Lipinski definition) is 1. The van der Waals surface area contributed by atoms with Crippen molar-refractivity contribution in [3.63, 3.8) is 0 Å². The first-order valence-electron chi connectivity index (χ1n) is 6.69. The first-order valence-corrected chi connectivity index (χ1v) is 7.44. The number of rotatable bonds is 5. The summed E-state index contributed by atoms with van der Waals surface area (Å²) in [4.78, 5) is 11.7. The van der Waals surface area contributed by atoms with Crippen molar-refractivity contribution in [3.05, 3.63) is 64.1 Å². The molecular weight excluding hydrogens is 307 g/mol. The Hall–Kier alpha value is -1.71. The number of benzene rings is 2. The first-order chi connectivity index (χ1) is 10.1. The van der Waals surface area contributed by atoms with Gasteiger partial charge in [-0.15, -0.1) is 0 Å².